The summed E-state index contributed by atoms with van der Waals surface area (Å²) in [7, 11) is 0. The molecule has 3 nitrogen and oxygen atoms in total. The summed E-state index contributed by atoms with van der Waals surface area (Å²) in [6.07, 6.45) is 0.438. The second-order valence-electron chi connectivity index (χ2n) is 3.32. The Morgan fingerprint density at radius 1 is 1.50 bits per heavy atom. The van der Waals surface area contributed by atoms with E-state index in [2.05, 4.69) is 0 Å². The number of hydrogen-bond acceptors (Lipinski definition) is 3. The number of nitrogens with two attached hydrogens (primary N) is 1. The number of Topliss-reactive ketones (excluding diaryl/α,β-unsaturated/α-hetero) is 1. The molecule has 1 rings (SSSR count). The Bertz CT molecular complexity index is 334. The number of aryl methyl sites for hydroxylation is 1. The average Bonchev–Trinajstić information content (AvgIpc) is 2.10. The van der Waals surface area contributed by atoms with Crippen molar-refractivity contribution < 1.29 is 9.53 Å². The van der Waals surface area contributed by atoms with Crippen LogP contribution >= 0.6 is 0 Å². The molecule has 0 spiro atoms. The first-order valence-electron chi connectivity index (χ1n) is 4.58. The highest BCUT2D eigenvalue weighted by molar-refractivity contribution is 5.75. The van der Waals surface area contributed by atoms with Crippen molar-refractivity contribution in [3.63, 3.8) is 0 Å². The van der Waals surface area contributed by atoms with Crippen molar-refractivity contribution in [1.82, 2.24) is 0 Å². The fourth-order valence-electron chi connectivity index (χ4n) is 1.02. The fourth-order valence-corrected chi connectivity index (χ4v) is 1.02. The van der Waals surface area contributed by atoms with Crippen molar-refractivity contribution in [1.29, 1.82) is 0 Å². The van der Waals surface area contributed by atoms with Crippen LogP contribution in [0, 0.1) is 6.92 Å². The normalized spacial score (nSPS) is 9.86. The first-order valence-corrected chi connectivity index (χ1v) is 4.58. The van der Waals surface area contributed by atoms with E-state index in [-0.39, 0.29) is 5.78 Å². The minimum atomic E-state index is 0.130. The molecule has 3 heteroatoms. The van der Waals surface area contributed by atoms with Crippen molar-refractivity contribution in [3.05, 3.63) is 23.8 Å². The number of rotatable bonds is 4. The summed E-state index contributed by atoms with van der Waals surface area (Å²) < 4.78 is 5.35. The van der Waals surface area contributed by atoms with E-state index in [4.69, 9.17) is 10.5 Å². The van der Waals surface area contributed by atoms with Crippen LogP contribution in [-0.4, -0.2) is 12.4 Å². The lowest BCUT2D eigenvalue weighted by molar-refractivity contribution is -0.117. The van der Waals surface area contributed by atoms with Crippen LogP contribution in [0.1, 0.15) is 18.9 Å². The Balaban J connectivity index is 2.51. The lowest BCUT2D eigenvalue weighted by Crippen LogP contribution is -2.03. The molecule has 1 aromatic rings. The van der Waals surface area contributed by atoms with Gasteiger partial charge in [-0.05, 0) is 25.5 Å². The maximum Gasteiger partial charge on any atom is 0.133 e. The average molecular weight is 193 g/mol. The Morgan fingerprint density at radius 3 is 2.79 bits per heavy atom. The third-order valence-electron chi connectivity index (χ3n) is 1.97. The van der Waals surface area contributed by atoms with Gasteiger partial charge in [-0.2, -0.15) is 0 Å². The van der Waals surface area contributed by atoms with E-state index in [9.17, 15) is 4.79 Å². The van der Waals surface area contributed by atoms with Gasteiger partial charge in [0.1, 0.15) is 11.5 Å². The zero-order chi connectivity index (χ0) is 10.6. The summed E-state index contributed by atoms with van der Waals surface area (Å²) >= 11 is 0. The van der Waals surface area contributed by atoms with E-state index < -0.39 is 0 Å². The summed E-state index contributed by atoms with van der Waals surface area (Å²) in [4.78, 5) is 10.7. The van der Waals surface area contributed by atoms with E-state index >= 15 is 0 Å². The molecule has 0 aliphatic carbocycles. The third-order valence-corrected chi connectivity index (χ3v) is 1.97. The van der Waals surface area contributed by atoms with Crippen molar-refractivity contribution in [2.75, 3.05) is 12.3 Å². The Morgan fingerprint density at radius 2 is 2.21 bits per heavy atom. The SMILES string of the molecule is CC(=O)CCOc1ccc(C)c(N)c1. The second kappa shape index (κ2) is 4.65. The molecule has 0 heterocycles. The van der Waals surface area contributed by atoms with E-state index in [0.29, 0.717) is 24.5 Å². The van der Waals surface area contributed by atoms with E-state index in [0.717, 1.165) is 5.56 Å². The van der Waals surface area contributed by atoms with Crippen LogP contribution in [0.5, 0.6) is 5.75 Å². The maximum absolute atomic E-state index is 10.7. The van der Waals surface area contributed by atoms with Crippen molar-refractivity contribution >= 4 is 11.5 Å². The molecule has 0 aromatic heterocycles. The van der Waals surface area contributed by atoms with Gasteiger partial charge in [-0.1, -0.05) is 6.07 Å². The lowest BCUT2D eigenvalue weighted by Gasteiger charge is -2.06. The van der Waals surface area contributed by atoms with Crippen LogP contribution in [0.15, 0.2) is 18.2 Å². The number of anilines is 1. The Kier molecular flexibility index (Phi) is 3.51. The molecule has 76 valence electrons. The molecule has 0 aliphatic rings. The van der Waals surface area contributed by atoms with Gasteiger partial charge in [0, 0.05) is 18.2 Å². The maximum atomic E-state index is 10.7. The Labute approximate surface area is 83.9 Å². The molecule has 0 aliphatic heterocycles. The highest BCUT2D eigenvalue weighted by Crippen LogP contribution is 2.18. The molecule has 0 saturated carbocycles. The van der Waals surface area contributed by atoms with Gasteiger partial charge in [-0.25, -0.2) is 0 Å². The number of benzene rings is 1. The number of carbonyl (C=O) groups excluding carboxylic acids is 1. The highest BCUT2D eigenvalue weighted by atomic mass is 16.5. The van der Waals surface area contributed by atoms with Crippen LogP contribution < -0.4 is 10.5 Å². The van der Waals surface area contributed by atoms with Gasteiger partial charge in [-0.15, -0.1) is 0 Å². The highest BCUT2D eigenvalue weighted by Gasteiger charge is 1.98. The molecule has 14 heavy (non-hydrogen) atoms. The van der Waals surface area contributed by atoms with Crippen molar-refractivity contribution in [3.8, 4) is 5.75 Å². The molecule has 0 unspecified atom stereocenters. The standard InChI is InChI=1S/C11H15NO2/c1-8-3-4-10(7-11(8)12)14-6-5-9(2)13/h3-4,7H,5-6,12H2,1-2H3. The smallest absolute Gasteiger partial charge is 0.133 e. The molecule has 0 bridgehead atoms. The molecule has 0 radical (unpaired) electrons. The van der Waals surface area contributed by atoms with E-state index in [1.165, 1.54) is 0 Å². The van der Waals surface area contributed by atoms with Gasteiger partial charge >= 0.3 is 0 Å². The quantitative estimate of drug-likeness (QED) is 0.743. The minimum Gasteiger partial charge on any atom is -0.493 e. The fraction of sp³-hybridized carbons (Fsp3) is 0.364. The second-order valence-corrected chi connectivity index (χ2v) is 3.32. The third kappa shape index (κ3) is 3.09. The van der Waals surface area contributed by atoms with E-state index in [1.54, 1.807) is 13.0 Å². The lowest BCUT2D eigenvalue weighted by atomic mass is 10.2. The van der Waals surface area contributed by atoms with Crippen molar-refractivity contribution in [2.24, 2.45) is 0 Å². The van der Waals surface area contributed by atoms with Crippen LogP contribution in [-0.2, 0) is 4.79 Å². The first kappa shape index (κ1) is 10.6. The van der Waals surface area contributed by atoms with Gasteiger partial charge in [0.2, 0.25) is 0 Å². The molecule has 0 saturated heterocycles. The monoisotopic (exact) mass is 193 g/mol. The topological polar surface area (TPSA) is 52.3 Å². The predicted octanol–water partition coefficient (Wildman–Crippen LogP) is 1.94. The predicted molar refractivity (Wildman–Crippen MR) is 56.4 cm³/mol. The summed E-state index contributed by atoms with van der Waals surface area (Å²) in [5.41, 5.74) is 7.45. The molecular formula is C11H15NO2. The summed E-state index contributed by atoms with van der Waals surface area (Å²) in [6.45, 7) is 3.90. The molecule has 1 aromatic carbocycles. The number of hydrogen-bond donors (Lipinski definition) is 1. The van der Waals surface area contributed by atoms with Crippen LogP contribution in [0.3, 0.4) is 0 Å². The van der Waals surface area contributed by atoms with Gasteiger partial charge in [0.15, 0.2) is 0 Å². The van der Waals surface area contributed by atoms with Gasteiger partial charge < -0.3 is 10.5 Å². The van der Waals surface area contributed by atoms with Crippen LogP contribution in [0.4, 0.5) is 5.69 Å². The zero-order valence-corrected chi connectivity index (χ0v) is 8.54. The Hall–Kier alpha value is -1.51. The number of ketones is 1. The van der Waals surface area contributed by atoms with E-state index in [1.807, 2.05) is 19.1 Å². The zero-order valence-electron chi connectivity index (χ0n) is 8.54. The van der Waals surface area contributed by atoms with Gasteiger partial charge in [0.05, 0.1) is 6.61 Å². The number of ether oxygens (including phenoxy) is 1. The minimum absolute atomic E-state index is 0.130. The van der Waals surface area contributed by atoms with Crippen LogP contribution in [0.25, 0.3) is 0 Å². The number of carbonyl (C=O) groups is 1. The molecule has 0 fully saturated rings. The first-order chi connectivity index (χ1) is 6.59. The molecule has 2 N–H and O–H groups in total. The molecule has 0 amide bonds. The van der Waals surface area contributed by atoms with Crippen LogP contribution in [0.2, 0.25) is 0 Å². The molecule has 0 atom stereocenters. The van der Waals surface area contributed by atoms with Gasteiger partial charge in [0.25, 0.3) is 0 Å². The summed E-state index contributed by atoms with van der Waals surface area (Å²) in [6, 6.07) is 5.53. The summed E-state index contributed by atoms with van der Waals surface area (Å²) in [5, 5.41) is 0. The summed E-state index contributed by atoms with van der Waals surface area (Å²) in [5.74, 6) is 0.847. The van der Waals surface area contributed by atoms with Gasteiger partial charge in [-0.3, -0.25) is 4.79 Å². The molecular weight excluding hydrogens is 178 g/mol. The largest absolute Gasteiger partial charge is 0.493 e. The van der Waals surface area contributed by atoms with Crippen molar-refractivity contribution in [2.45, 2.75) is 20.3 Å². The number of nitrogen functional groups attached to an aromatic ring is 1.